The molecule has 68 valence electrons. The van der Waals surface area contributed by atoms with Crippen LogP contribution in [0.15, 0.2) is 46.7 Å². The highest BCUT2D eigenvalue weighted by Crippen LogP contribution is 2.10. The van der Waals surface area contributed by atoms with E-state index in [0.717, 1.165) is 11.5 Å². The average Bonchev–Trinajstić information content (AvgIpc) is 2.15. The van der Waals surface area contributed by atoms with Crippen molar-refractivity contribution in [2.45, 2.75) is 4.90 Å². The molecule has 0 saturated heterocycles. The summed E-state index contributed by atoms with van der Waals surface area (Å²) < 4.78 is 11.3. The SMILES string of the molecule is O=C(O)/C=C\[S+]([O-])c1ccccc1. The second-order valence-electron chi connectivity index (χ2n) is 2.25. The van der Waals surface area contributed by atoms with E-state index in [-0.39, 0.29) is 0 Å². The van der Waals surface area contributed by atoms with Crippen LogP contribution in [0.2, 0.25) is 0 Å². The summed E-state index contributed by atoms with van der Waals surface area (Å²) in [6.45, 7) is 0. The molecule has 0 heterocycles. The number of carbonyl (C=O) groups is 1. The van der Waals surface area contributed by atoms with Gasteiger partial charge < -0.3 is 9.66 Å². The van der Waals surface area contributed by atoms with Crippen molar-refractivity contribution in [3.8, 4) is 0 Å². The van der Waals surface area contributed by atoms with E-state index in [0.29, 0.717) is 4.90 Å². The van der Waals surface area contributed by atoms with Gasteiger partial charge in [-0.05, 0) is 12.1 Å². The van der Waals surface area contributed by atoms with Gasteiger partial charge in [0.05, 0.1) is 6.08 Å². The second-order valence-corrected chi connectivity index (χ2v) is 3.59. The molecule has 0 bridgehead atoms. The Morgan fingerprint density at radius 2 is 2.00 bits per heavy atom. The van der Waals surface area contributed by atoms with Crippen LogP contribution in [0.1, 0.15) is 0 Å². The van der Waals surface area contributed by atoms with Gasteiger partial charge >= 0.3 is 5.97 Å². The number of benzene rings is 1. The van der Waals surface area contributed by atoms with Crippen molar-refractivity contribution in [2.24, 2.45) is 0 Å². The topological polar surface area (TPSA) is 60.4 Å². The number of carboxylic acid groups (broad SMARTS) is 1. The van der Waals surface area contributed by atoms with E-state index in [4.69, 9.17) is 5.11 Å². The van der Waals surface area contributed by atoms with Gasteiger partial charge in [-0.1, -0.05) is 18.2 Å². The lowest BCUT2D eigenvalue weighted by Gasteiger charge is -2.02. The van der Waals surface area contributed by atoms with Crippen LogP contribution >= 0.6 is 0 Å². The van der Waals surface area contributed by atoms with E-state index in [1.165, 1.54) is 0 Å². The molecule has 1 atom stereocenters. The standard InChI is InChI=1S/C9H8O3S/c10-9(11)6-7-13(12)8-4-2-1-3-5-8/h1-7H,(H,10,11)/b7-6-. The summed E-state index contributed by atoms with van der Waals surface area (Å²) >= 11 is -1.37. The Bertz CT molecular complexity index is 308. The van der Waals surface area contributed by atoms with Crippen LogP contribution in [0.3, 0.4) is 0 Å². The molecule has 0 saturated carbocycles. The lowest BCUT2D eigenvalue weighted by atomic mass is 10.4. The third-order valence-electron chi connectivity index (χ3n) is 1.31. The molecular formula is C9H8O3S. The van der Waals surface area contributed by atoms with Crippen LogP contribution in [0, 0.1) is 0 Å². The molecule has 1 aromatic carbocycles. The average molecular weight is 196 g/mol. The molecule has 0 aliphatic heterocycles. The van der Waals surface area contributed by atoms with Crippen molar-refractivity contribution in [3.63, 3.8) is 0 Å². The smallest absolute Gasteiger partial charge is 0.332 e. The van der Waals surface area contributed by atoms with Gasteiger partial charge in [0, 0.05) is 11.2 Å². The summed E-state index contributed by atoms with van der Waals surface area (Å²) in [6, 6.07) is 8.68. The van der Waals surface area contributed by atoms with Crippen LogP contribution in [-0.4, -0.2) is 15.6 Å². The fourth-order valence-electron chi connectivity index (χ4n) is 0.753. The van der Waals surface area contributed by atoms with Gasteiger partial charge in [0.25, 0.3) is 0 Å². The van der Waals surface area contributed by atoms with E-state index in [2.05, 4.69) is 0 Å². The van der Waals surface area contributed by atoms with Crippen molar-refractivity contribution in [3.05, 3.63) is 41.8 Å². The molecule has 13 heavy (non-hydrogen) atoms. The van der Waals surface area contributed by atoms with Gasteiger partial charge in [-0.3, -0.25) is 0 Å². The van der Waals surface area contributed by atoms with Crippen LogP contribution in [0.5, 0.6) is 0 Å². The first kappa shape index (κ1) is 9.83. The highest BCUT2D eigenvalue weighted by molar-refractivity contribution is 7.94. The number of carboxylic acids is 1. The molecule has 1 unspecified atom stereocenters. The van der Waals surface area contributed by atoms with Crippen molar-refractivity contribution >= 4 is 17.1 Å². The highest BCUT2D eigenvalue weighted by Gasteiger charge is 2.05. The largest absolute Gasteiger partial charge is 0.607 e. The summed E-state index contributed by atoms with van der Waals surface area (Å²) in [5, 5.41) is 9.44. The monoisotopic (exact) mass is 196 g/mol. The Hall–Kier alpha value is -1.26. The number of aliphatic carboxylic acids is 1. The molecule has 0 spiro atoms. The Morgan fingerprint density at radius 3 is 2.54 bits per heavy atom. The molecule has 0 aliphatic carbocycles. The van der Waals surface area contributed by atoms with Crippen LogP contribution in [-0.2, 0) is 16.0 Å². The summed E-state index contributed by atoms with van der Waals surface area (Å²) in [6.07, 6.45) is 0.878. The van der Waals surface area contributed by atoms with Crippen LogP contribution in [0.4, 0.5) is 0 Å². The normalized spacial score (nSPS) is 13.0. The fourth-order valence-corrected chi connectivity index (χ4v) is 1.58. The maximum Gasteiger partial charge on any atom is 0.332 e. The van der Waals surface area contributed by atoms with Gasteiger partial charge in [0.1, 0.15) is 5.41 Å². The van der Waals surface area contributed by atoms with Crippen LogP contribution < -0.4 is 0 Å². The van der Waals surface area contributed by atoms with E-state index in [1.807, 2.05) is 6.07 Å². The van der Waals surface area contributed by atoms with E-state index in [1.54, 1.807) is 24.3 Å². The third kappa shape index (κ3) is 3.31. The fraction of sp³-hybridized carbons (Fsp3) is 0. The predicted molar refractivity (Wildman–Crippen MR) is 49.6 cm³/mol. The molecule has 0 aromatic heterocycles. The number of hydrogen-bond acceptors (Lipinski definition) is 2. The zero-order valence-corrected chi connectivity index (χ0v) is 7.53. The molecular weight excluding hydrogens is 188 g/mol. The molecule has 0 fully saturated rings. The minimum absolute atomic E-state index is 0.597. The number of hydrogen-bond donors (Lipinski definition) is 1. The molecule has 1 aromatic rings. The second kappa shape index (κ2) is 4.69. The summed E-state index contributed by atoms with van der Waals surface area (Å²) in [7, 11) is 0. The van der Waals surface area contributed by atoms with Gasteiger partial charge in [-0.15, -0.1) is 0 Å². The summed E-state index contributed by atoms with van der Waals surface area (Å²) in [4.78, 5) is 10.7. The molecule has 4 heteroatoms. The lowest BCUT2D eigenvalue weighted by Crippen LogP contribution is -1.97. The zero-order chi connectivity index (χ0) is 9.68. The quantitative estimate of drug-likeness (QED) is 0.587. The Balaban J connectivity index is 2.69. The maximum atomic E-state index is 11.3. The molecule has 0 radical (unpaired) electrons. The highest BCUT2D eigenvalue weighted by atomic mass is 32.2. The molecule has 1 N–H and O–H groups in total. The van der Waals surface area contributed by atoms with Crippen molar-refractivity contribution in [1.82, 2.24) is 0 Å². The van der Waals surface area contributed by atoms with E-state index < -0.39 is 17.1 Å². The van der Waals surface area contributed by atoms with Gasteiger partial charge in [-0.2, -0.15) is 0 Å². The molecule has 3 nitrogen and oxygen atoms in total. The lowest BCUT2D eigenvalue weighted by molar-refractivity contribution is -0.131. The maximum absolute atomic E-state index is 11.3. The van der Waals surface area contributed by atoms with Crippen molar-refractivity contribution in [1.29, 1.82) is 0 Å². The Kier molecular flexibility index (Phi) is 3.54. The Labute approximate surface area is 78.9 Å². The third-order valence-corrected chi connectivity index (χ3v) is 2.43. The first-order chi connectivity index (χ1) is 6.20. The minimum Gasteiger partial charge on any atom is -0.607 e. The van der Waals surface area contributed by atoms with Crippen LogP contribution in [0.25, 0.3) is 0 Å². The Morgan fingerprint density at radius 1 is 1.38 bits per heavy atom. The van der Waals surface area contributed by atoms with E-state index in [9.17, 15) is 9.35 Å². The minimum atomic E-state index is -1.37. The molecule has 0 amide bonds. The molecule has 1 rings (SSSR count). The van der Waals surface area contributed by atoms with Crippen molar-refractivity contribution in [2.75, 3.05) is 0 Å². The van der Waals surface area contributed by atoms with Gasteiger partial charge in [0.2, 0.25) is 0 Å². The first-order valence-electron chi connectivity index (χ1n) is 3.57. The predicted octanol–water partition coefficient (Wildman–Crippen LogP) is 1.39. The van der Waals surface area contributed by atoms with Gasteiger partial charge in [-0.25, -0.2) is 4.79 Å². The van der Waals surface area contributed by atoms with Crippen molar-refractivity contribution < 1.29 is 14.5 Å². The summed E-state index contributed by atoms with van der Waals surface area (Å²) in [5.41, 5.74) is 0. The van der Waals surface area contributed by atoms with Gasteiger partial charge in [0.15, 0.2) is 4.90 Å². The number of rotatable bonds is 3. The first-order valence-corrected chi connectivity index (χ1v) is 4.78. The summed E-state index contributed by atoms with van der Waals surface area (Å²) in [5.74, 6) is -1.09. The molecule has 0 aliphatic rings. The zero-order valence-electron chi connectivity index (χ0n) is 6.71. The van der Waals surface area contributed by atoms with E-state index >= 15 is 0 Å².